The topological polar surface area (TPSA) is 134 Å². The Morgan fingerprint density at radius 3 is 2.48 bits per heavy atom. The van der Waals surface area contributed by atoms with Crippen LogP contribution in [0.1, 0.15) is 12.5 Å². The van der Waals surface area contributed by atoms with Gasteiger partial charge in [-0.25, -0.2) is 8.42 Å². The van der Waals surface area contributed by atoms with Crippen LogP contribution < -0.4 is 4.74 Å². The van der Waals surface area contributed by atoms with Crippen LogP contribution in [0.4, 0.5) is 5.69 Å². The van der Waals surface area contributed by atoms with Gasteiger partial charge in [-0.2, -0.15) is 9.57 Å². The largest absolute Gasteiger partial charge is 0.481 e. The number of nitro groups is 1. The maximum absolute atomic E-state index is 12.8. The fourth-order valence-electron chi connectivity index (χ4n) is 3.21. The number of rotatable bonds is 6. The van der Waals surface area contributed by atoms with Gasteiger partial charge in [-0.1, -0.05) is 12.1 Å². The van der Waals surface area contributed by atoms with Gasteiger partial charge in [0.05, 0.1) is 21.5 Å². The van der Waals surface area contributed by atoms with Gasteiger partial charge < -0.3 is 9.64 Å². The second-order valence-corrected chi connectivity index (χ2v) is 8.82. The molecule has 0 saturated carbocycles. The number of benzene rings is 2. The third kappa shape index (κ3) is 4.99. The number of non-ortho nitro benzene ring substituents is 1. The van der Waals surface area contributed by atoms with Gasteiger partial charge in [0.2, 0.25) is 10.0 Å². The zero-order chi connectivity index (χ0) is 22.6. The van der Waals surface area contributed by atoms with Crippen LogP contribution in [0.15, 0.2) is 53.4 Å². The minimum atomic E-state index is -3.91. The van der Waals surface area contributed by atoms with Crippen molar-refractivity contribution in [3.05, 3.63) is 64.2 Å². The molecule has 0 radical (unpaired) electrons. The number of nitriles is 1. The smallest absolute Gasteiger partial charge is 0.270 e. The molecule has 162 valence electrons. The van der Waals surface area contributed by atoms with E-state index in [1.54, 1.807) is 25.1 Å². The van der Waals surface area contributed by atoms with E-state index >= 15 is 0 Å². The van der Waals surface area contributed by atoms with E-state index in [1.165, 1.54) is 33.5 Å². The first kappa shape index (κ1) is 22.2. The van der Waals surface area contributed by atoms with Crippen LogP contribution >= 0.6 is 0 Å². The SMILES string of the molecule is CC(Oc1cccc(C#N)c1)C(=O)N1CCN(S(=O)(=O)c2cccc([N+](=O)[O-])c2)CC1. The van der Waals surface area contributed by atoms with Gasteiger partial charge in [0, 0.05) is 38.3 Å². The lowest BCUT2D eigenvalue weighted by atomic mass is 10.2. The van der Waals surface area contributed by atoms with Crippen LogP contribution in [-0.2, 0) is 14.8 Å². The molecule has 1 amide bonds. The maximum Gasteiger partial charge on any atom is 0.270 e. The summed E-state index contributed by atoms with van der Waals surface area (Å²) in [6.45, 7) is 2.05. The average molecular weight is 444 g/mol. The molecule has 0 aromatic heterocycles. The molecule has 2 aromatic rings. The maximum atomic E-state index is 12.8. The standard InChI is InChI=1S/C20H20N4O6S/c1-15(30-18-6-2-4-16(12-18)14-21)20(25)22-8-10-23(11-9-22)31(28,29)19-7-3-5-17(13-19)24(26)27/h2-7,12-13,15H,8-11H2,1H3. The molecule has 11 heteroatoms. The Kier molecular flexibility index (Phi) is 6.53. The minimum Gasteiger partial charge on any atom is -0.481 e. The third-order valence-electron chi connectivity index (χ3n) is 4.84. The highest BCUT2D eigenvalue weighted by Crippen LogP contribution is 2.22. The lowest BCUT2D eigenvalue weighted by Gasteiger charge is -2.35. The molecule has 1 aliphatic heterocycles. The molecule has 1 atom stereocenters. The van der Waals surface area contributed by atoms with Gasteiger partial charge in [-0.15, -0.1) is 0 Å². The zero-order valence-electron chi connectivity index (χ0n) is 16.7. The number of carbonyl (C=O) groups is 1. The summed E-state index contributed by atoms with van der Waals surface area (Å²) in [6, 6.07) is 13.3. The van der Waals surface area contributed by atoms with E-state index < -0.39 is 21.1 Å². The normalized spacial score (nSPS) is 15.7. The Balaban J connectivity index is 1.63. The second kappa shape index (κ2) is 9.11. The van der Waals surface area contributed by atoms with Gasteiger partial charge >= 0.3 is 0 Å². The molecule has 0 spiro atoms. The average Bonchev–Trinajstić information content (AvgIpc) is 2.78. The summed E-state index contributed by atoms with van der Waals surface area (Å²) in [7, 11) is -3.91. The second-order valence-electron chi connectivity index (χ2n) is 6.88. The van der Waals surface area contributed by atoms with E-state index in [1.807, 2.05) is 6.07 Å². The molecule has 3 rings (SSSR count). The highest BCUT2D eigenvalue weighted by atomic mass is 32.2. The summed E-state index contributed by atoms with van der Waals surface area (Å²) >= 11 is 0. The van der Waals surface area contributed by atoms with Crippen molar-refractivity contribution in [1.82, 2.24) is 9.21 Å². The highest BCUT2D eigenvalue weighted by Gasteiger charge is 2.32. The van der Waals surface area contributed by atoms with Crippen LogP contribution in [0.3, 0.4) is 0 Å². The summed E-state index contributed by atoms with van der Waals surface area (Å²) in [5, 5.41) is 19.9. The van der Waals surface area contributed by atoms with Gasteiger partial charge in [-0.3, -0.25) is 14.9 Å². The number of sulfonamides is 1. The first-order chi connectivity index (χ1) is 14.7. The third-order valence-corrected chi connectivity index (χ3v) is 6.73. The van der Waals surface area contributed by atoms with Crippen LogP contribution in [0.2, 0.25) is 0 Å². The van der Waals surface area contributed by atoms with E-state index in [2.05, 4.69) is 0 Å². The molecule has 0 N–H and O–H groups in total. The van der Waals surface area contributed by atoms with Crippen molar-refractivity contribution in [2.75, 3.05) is 26.2 Å². The molecular formula is C20H20N4O6S. The predicted molar refractivity (Wildman–Crippen MR) is 110 cm³/mol. The van der Waals surface area contributed by atoms with Gasteiger partial charge in [0.15, 0.2) is 6.10 Å². The zero-order valence-corrected chi connectivity index (χ0v) is 17.5. The fourth-order valence-corrected chi connectivity index (χ4v) is 4.67. The fraction of sp³-hybridized carbons (Fsp3) is 0.300. The number of nitrogens with zero attached hydrogens (tertiary/aromatic N) is 4. The van der Waals surface area contributed by atoms with Gasteiger partial charge in [-0.05, 0) is 31.2 Å². The van der Waals surface area contributed by atoms with E-state index in [0.29, 0.717) is 11.3 Å². The molecule has 2 aromatic carbocycles. The van der Waals surface area contributed by atoms with E-state index in [4.69, 9.17) is 10.00 Å². The molecule has 0 bridgehead atoms. The van der Waals surface area contributed by atoms with E-state index in [-0.39, 0.29) is 42.7 Å². The van der Waals surface area contributed by atoms with Gasteiger partial charge in [0.1, 0.15) is 5.75 Å². The Labute approximate surface area is 179 Å². The molecule has 1 unspecified atom stereocenters. The van der Waals surface area contributed by atoms with Crippen LogP contribution in [-0.4, -0.2) is 60.7 Å². The lowest BCUT2D eigenvalue weighted by Crippen LogP contribution is -2.53. The number of carbonyl (C=O) groups excluding carboxylic acids is 1. The van der Waals surface area contributed by atoms with Crippen molar-refractivity contribution >= 4 is 21.6 Å². The molecule has 10 nitrogen and oxygen atoms in total. The summed E-state index contributed by atoms with van der Waals surface area (Å²) < 4.78 is 32.5. The molecule has 1 fully saturated rings. The quantitative estimate of drug-likeness (QED) is 0.489. The number of piperazine rings is 1. The lowest BCUT2D eigenvalue weighted by molar-refractivity contribution is -0.385. The molecule has 0 aliphatic carbocycles. The van der Waals surface area contributed by atoms with Crippen molar-refractivity contribution in [2.45, 2.75) is 17.9 Å². The molecule has 31 heavy (non-hydrogen) atoms. The van der Waals surface area contributed by atoms with E-state index in [9.17, 15) is 23.3 Å². The van der Waals surface area contributed by atoms with Crippen LogP contribution in [0.5, 0.6) is 5.75 Å². The molecule has 1 saturated heterocycles. The first-order valence-electron chi connectivity index (χ1n) is 9.42. The summed E-state index contributed by atoms with van der Waals surface area (Å²) in [5.41, 5.74) is 0.110. The predicted octanol–water partition coefficient (Wildman–Crippen LogP) is 1.77. The first-order valence-corrected chi connectivity index (χ1v) is 10.9. The Morgan fingerprint density at radius 1 is 1.16 bits per heavy atom. The monoisotopic (exact) mass is 444 g/mol. The number of hydrogen-bond acceptors (Lipinski definition) is 7. The van der Waals surface area contributed by atoms with Crippen molar-refractivity contribution in [3.8, 4) is 11.8 Å². The number of hydrogen-bond donors (Lipinski definition) is 0. The van der Waals surface area contributed by atoms with Crippen molar-refractivity contribution < 1.29 is 22.9 Å². The van der Waals surface area contributed by atoms with Crippen LogP contribution in [0, 0.1) is 21.4 Å². The summed E-state index contributed by atoms with van der Waals surface area (Å²) in [4.78, 5) is 24.3. The van der Waals surface area contributed by atoms with Crippen LogP contribution in [0.25, 0.3) is 0 Å². The van der Waals surface area contributed by atoms with E-state index in [0.717, 1.165) is 6.07 Å². The number of nitro benzene ring substituents is 1. The molecule has 1 heterocycles. The summed E-state index contributed by atoms with van der Waals surface area (Å²) in [5.74, 6) is 0.0987. The number of amides is 1. The molecular weight excluding hydrogens is 424 g/mol. The summed E-state index contributed by atoms with van der Waals surface area (Å²) in [6.07, 6.45) is -0.811. The van der Waals surface area contributed by atoms with Gasteiger partial charge in [0.25, 0.3) is 11.6 Å². The minimum absolute atomic E-state index is 0.0629. The number of ether oxygens (including phenoxy) is 1. The van der Waals surface area contributed by atoms with Crippen molar-refractivity contribution in [2.24, 2.45) is 0 Å². The Hall–Kier alpha value is -3.49. The highest BCUT2D eigenvalue weighted by molar-refractivity contribution is 7.89. The van der Waals surface area contributed by atoms with Crippen molar-refractivity contribution in [3.63, 3.8) is 0 Å². The Bertz CT molecular complexity index is 1140. The Morgan fingerprint density at radius 2 is 1.84 bits per heavy atom. The van der Waals surface area contributed by atoms with Crippen molar-refractivity contribution in [1.29, 1.82) is 5.26 Å². The molecule has 1 aliphatic rings.